The van der Waals surface area contributed by atoms with Crippen molar-refractivity contribution in [2.45, 2.75) is 57.1 Å². The number of H-pyrrole nitrogens is 1. The minimum atomic E-state index is -0.348. The fourth-order valence-electron chi connectivity index (χ4n) is 6.63. The summed E-state index contributed by atoms with van der Waals surface area (Å²) >= 11 is 0. The number of methoxy groups -OCH3 is 1. The Kier molecular flexibility index (Phi) is 3.67. The van der Waals surface area contributed by atoms with Gasteiger partial charge in [0.1, 0.15) is 5.75 Å². The van der Waals surface area contributed by atoms with Crippen molar-refractivity contribution in [3.8, 4) is 5.75 Å². The second kappa shape index (κ2) is 5.74. The first kappa shape index (κ1) is 16.6. The van der Waals surface area contributed by atoms with Gasteiger partial charge in [-0.3, -0.25) is 4.90 Å². The number of aliphatic hydroxyl groups is 1. The summed E-state index contributed by atoms with van der Waals surface area (Å²) in [5.41, 5.74) is 3.73. The highest BCUT2D eigenvalue weighted by Crippen LogP contribution is 2.56. The van der Waals surface area contributed by atoms with Gasteiger partial charge in [-0.05, 0) is 61.8 Å². The summed E-state index contributed by atoms with van der Waals surface area (Å²) in [4.78, 5) is 6.48. The van der Waals surface area contributed by atoms with Crippen LogP contribution >= 0.6 is 0 Å². The van der Waals surface area contributed by atoms with Crippen LogP contribution in [0.4, 0.5) is 0 Å². The number of aromatic amines is 1. The number of aliphatic hydroxyl groups excluding tert-OH is 1. The average molecular weight is 354 g/mol. The molecule has 6 atom stereocenters. The average Bonchev–Trinajstić information content (AvgIpc) is 2.99. The van der Waals surface area contributed by atoms with Gasteiger partial charge in [-0.2, -0.15) is 0 Å². The maximum atomic E-state index is 11.1. The number of benzene rings is 1. The van der Waals surface area contributed by atoms with E-state index in [4.69, 9.17) is 4.74 Å². The second-order valence-electron chi connectivity index (χ2n) is 8.77. The SMILES string of the molecule is CCC1CC2CN3CCc4c([nH]c5ccc(OC)cc45)C(C(C)O)(C2)C13. The molecule has 0 spiro atoms. The molecule has 0 amide bonds. The molecule has 26 heavy (non-hydrogen) atoms. The number of hydrogen-bond acceptors (Lipinski definition) is 3. The number of ether oxygens (including phenoxy) is 1. The Morgan fingerprint density at radius 2 is 2.27 bits per heavy atom. The first-order chi connectivity index (χ1) is 12.6. The molecular weight excluding hydrogens is 324 g/mol. The third-order valence-electron chi connectivity index (χ3n) is 7.62. The Balaban J connectivity index is 1.77. The maximum Gasteiger partial charge on any atom is 0.119 e. The molecule has 2 aromatic rings. The van der Waals surface area contributed by atoms with E-state index >= 15 is 0 Å². The highest BCUT2D eigenvalue weighted by molar-refractivity contribution is 5.87. The minimum absolute atomic E-state index is 0.167. The Labute approximate surface area is 155 Å². The van der Waals surface area contributed by atoms with Gasteiger partial charge >= 0.3 is 0 Å². The Morgan fingerprint density at radius 1 is 1.42 bits per heavy atom. The zero-order chi connectivity index (χ0) is 18.1. The normalized spacial score (nSPS) is 36.6. The molecule has 1 aromatic heterocycles. The summed E-state index contributed by atoms with van der Waals surface area (Å²) in [5.74, 6) is 2.29. The predicted molar refractivity (Wildman–Crippen MR) is 104 cm³/mol. The van der Waals surface area contributed by atoms with Crippen LogP contribution in [0.15, 0.2) is 18.2 Å². The fraction of sp³-hybridized carbons (Fsp3) is 0.636. The van der Waals surface area contributed by atoms with E-state index in [9.17, 15) is 5.11 Å². The predicted octanol–water partition coefficient (Wildman–Crippen LogP) is 3.47. The van der Waals surface area contributed by atoms with Gasteiger partial charge in [0, 0.05) is 35.7 Å². The molecule has 140 valence electrons. The number of nitrogens with zero attached hydrogens (tertiary/aromatic N) is 1. The monoisotopic (exact) mass is 354 g/mol. The zero-order valence-electron chi connectivity index (χ0n) is 16.1. The van der Waals surface area contributed by atoms with Crippen molar-refractivity contribution >= 4 is 10.9 Å². The van der Waals surface area contributed by atoms with Gasteiger partial charge in [-0.15, -0.1) is 0 Å². The van der Waals surface area contributed by atoms with E-state index in [0.29, 0.717) is 17.9 Å². The molecule has 2 N–H and O–H groups in total. The smallest absolute Gasteiger partial charge is 0.119 e. The van der Waals surface area contributed by atoms with Crippen LogP contribution in [0.25, 0.3) is 10.9 Å². The van der Waals surface area contributed by atoms with Crippen LogP contribution in [-0.2, 0) is 11.8 Å². The molecule has 1 aliphatic carbocycles. The number of fused-ring (bicyclic) bond motifs is 4. The van der Waals surface area contributed by atoms with Crippen LogP contribution in [-0.4, -0.2) is 47.3 Å². The van der Waals surface area contributed by atoms with Crippen LogP contribution in [0.5, 0.6) is 5.75 Å². The fourth-order valence-corrected chi connectivity index (χ4v) is 6.63. The van der Waals surface area contributed by atoms with Crippen molar-refractivity contribution < 1.29 is 9.84 Å². The van der Waals surface area contributed by atoms with Crippen LogP contribution in [0.3, 0.4) is 0 Å². The molecule has 1 aromatic carbocycles. The lowest BCUT2D eigenvalue weighted by atomic mass is 9.54. The van der Waals surface area contributed by atoms with E-state index in [1.165, 1.54) is 41.5 Å². The quantitative estimate of drug-likeness (QED) is 0.887. The Hall–Kier alpha value is -1.52. The van der Waals surface area contributed by atoms with Gasteiger partial charge in [-0.25, -0.2) is 0 Å². The molecule has 2 saturated heterocycles. The Morgan fingerprint density at radius 3 is 3.00 bits per heavy atom. The van der Waals surface area contributed by atoms with Gasteiger partial charge < -0.3 is 14.8 Å². The lowest BCUT2D eigenvalue weighted by molar-refractivity contribution is -0.102. The van der Waals surface area contributed by atoms with E-state index in [-0.39, 0.29) is 11.5 Å². The number of hydrogen-bond donors (Lipinski definition) is 2. The number of nitrogens with one attached hydrogen (secondary N) is 1. The van der Waals surface area contributed by atoms with E-state index in [1.807, 2.05) is 13.0 Å². The highest BCUT2D eigenvalue weighted by atomic mass is 16.5. The van der Waals surface area contributed by atoms with Gasteiger partial charge in [0.05, 0.1) is 18.6 Å². The molecule has 3 aliphatic heterocycles. The summed E-state index contributed by atoms with van der Waals surface area (Å²) in [6.45, 7) is 6.66. The molecule has 4 aliphatic rings. The van der Waals surface area contributed by atoms with Crippen molar-refractivity contribution in [1.29, 1.82) is 0 Å². The van der Waals surface area contributed by atoms with Crippen molar-refractivity contribution in [2.24, 2.45) is 11.8 Å². The molecule has 4 heterocycles. The molecule has 4 nitrogen and oxygen atoms in total. The van der Waals surface area contributed by atoms with E-state index in [0.717, 1.165) is 25.1 Å². The number of aromatic nitrogens is 1. The summed E-state index contributed by atoms with van der Waals surface area (Å²) < 4.78 is 5.48. The van der Waals surface area contributed by atoms with Crippen molar-refractivity contribution in [3.05, 3.63) is 29.5 Å². The lowest BCUT2D eigenvalue weighted by Crippen LogP contribution is -2.67. The second-order valence-corrected chi connectivity index (χ2v) is 8.77. The zero-order valence-corrected chi connectivity index (χ0v) is 16.1. The third-order valence-corrected chi connectivity index (χ3v) is 7.62. The summed E-state index contributed by atoms with van der Waals surface area (Å²) in [7, 11) is 1.73. The molecule has 3 fully saturated rings. The Bertz CT molecular complexity index is 842. The summed E-state index contributed by atoms with van der Waals surface area (Å²) in [6, 6.07) is 6.78. The van der Waals surface area contributed by atoms with Crippen LogP contribution < -0.4 is 4.74 Å². The molecule has 4 bridgehead atoms. The van der Waals surface area contributed by atoms with Crippen molar-refractivity contribution in [1.82, 2.24) is 9.88 Å². The summed E-state index contributed by atoms with van der Waals surface area (Å²) in [5, 5.41) is 12.4. The van der Waals surface area contributed by atoms with Gasteiger partial charge in [0.2, 0.25) is 0 Å². The highest BCUT2D eigenvalue weighted by Gasteiger charge is 2.60. The van der Waals surface area contributed by atoms with Gasteiger partial charge in [-0.1, -0.05) is 13.3 Å². The summed E-state index contributed by atoms with van der Waals surface area (Å²) in [6.07, 6.45) is 4.35. The topological polar surface area (TPSA) is 48.5 Å². The van der Waals surface area contributed by atoms with Crippen LogP contribution in [0, 0.1) is 11.8 Å². The van der Waals surface area contributed by atoms with Gasteiger partial charge in [0.15, 0.2) is 0 Å². The standard InChI is InChI=1S/C22H30N2O2/c1-4-15-9-14-11-22(13(2)25)20-17(7-8-24(12-14)21(15)22)18-10-16(26-3)5-6-19(18)23-20/h5-6,10,13-15,21,23,25H,4,7-9,11-12H2,1-3H3. The molecular formula is C22H30N2O2. The minimum Gasteiger partial charge on any atom is -0.497 e. The van der Waals surface area contributed by atoms with Gasteiger partial charge in [0.25, 0.3) is 0 Å². The number of rotatable bonds is 3. The van der Waals surface area contributed by atoms with Crippen molar-refractivity contribution in [2.75, 3.05) is 20.2 Å². The lowest BCUT2D eigenvalue weighted by Gasteiger charge is -2.60. The van der Waals surface area contributed by atoms with E-state index < -0.39 is 0 Å². The molecule has 6 rings (SSSR count). The molecule has 0 radical (unpaired) electrons. The van der Waals surface area contributed by atoms with Crippen LogP contribution in [0.2, 0.25) is 0 Å². The number of piperidine rings is 2. The maximum absolute atomic E-state index is 11.1. The molecule has 6 unspecified atom stereocenters. The van der Waals surface area contributed by atoms with E-state index in [2.05, 4.69) is 28.9 Å². The molecule has 1 saturated carbocycles. The van der Waals surface area contributed by atoms with Crippen LogP contribution in [0.1, 0.15) is 44.4 Å². The van der Waals surface area contributed by atoms with E-state index in [1.54, 1.807) is 7.11 Å². The largest absolute Gasteiger partial charge is 0.497 e. The third kappa shape index (κ3) is 2.03. The van der Waals surface area contributed by atoms with Crippen molar-refractivity contribution in [3.63, 3.8) is 0 Å². The first-order valence-corrected chi connectivity index (χ1v) is 10.2. The molecule has 4 heteroatoms. The first-order valence-electron chi connectivity index (χ1n) is 10.2.